The summed E-state index contributed by atoms with van der Waals surface area (Å²) in [5.41, 5.74) is 0.542. The van der Waals surface area contributed by atoms with Crippen molar-refractivity contribution in [3.63, 3.8) is 0 Å². The van der Waals surface area contributed by atoms with Crippen molar-refractivity contribution in [2.45, 2.75) is 49.9 Å². The van der Waals surface area contributed by atoms with Gasteiger partial charge in [0.05, 0.1) is 17.4 Å². The molecule has 26 heavy (non-hydrogen) atoms. The van der Waals surface area contributed by atoms with Gasteiger partial charge in [-0.15, -0.1) is 0 Å². The first-order valence-corrected chi connectivity index (χ1v) is 10.6. The molecule has 1 aromatic rings. The van der Waals surface area contributed by atoms with E-state index >= 15 is 0 Å². The van der Waals surface area contributed by atoms with Gasteiger partial charge in [-0.05, 0) is 43.2 Å². The average Bonchev–Trinajstić information content (AvgIpc) is 2.63. The highest BCUT2D eigenvalue weighted by Crippen LogP contribution is 2.43. The molecule has 7 nitrogen and oxygen atoms in total. The number of para-hydroxylation sites is 2. The summed E-state index contributed by atoms with van der Waals surface area (Å²) in [6, 6.07) is 6.91. The van der Waals surface area contributed by atoms with Crippen molar-refractivity contribution in [2.75, 3.05) is 5.32 Å². The molecule has 3 fully saturated rings. The molecule has 1 aromatic carbocycles. The summed E-state index contributed by atoms with van der Waals surface area (Å²) in [7, 11) is -3.73. The number of anilines is 1. The molecule has 3 aliphatic carbocycles. The predicted molar refractivity (Wildman–Crippen MR) is 95.0 cm³/mol. The van der Waals surface area contributed by atoms with E-state index in [-0.39, 0.29) is 12.3 Å². The molecule has 1 heterocycles. The smallest absolute Gasteiger partial charge is 0.266 e. The van der Waals surface area contributed by atoms with Crippen molar-refractivity contribution in [1.82, 2.24) is 4.72 Å². The maximum Gasteiger partial charge on any atom is 0.266 e. The van der Waals surface area contributed by atoms with E-state index in [0.717, 1.165) is 25.7 Å². The molecule has 2 unspecified atom stereocenters. The molecule has 0 aromatic heterocycles. The number of rotatable bonds is 4. The Hall–Kier alpha value is -2.09. The van der Waals surface area contributed by atoms with Crippen LogP contribution in [0.2, 0.25) is 0 Å². The van der Waals surface area contributed by atoms with Crippen LogP contribution in [0.3, 0.4) is 0 Å². The lowest BCUT2D eigenvalue weighted by atomic mass is 9.70. The summed E-state index contributed by atoms with van der Waals surface area (Å²) in [5.74, 6) is -0.108. The van der Waals surface area contributed by atoms with Gasteiger partial charge in [-0.1, -0.05) is 25.0 Å². The highest BCUT2D eigenvalue weighted by atomic mass is 32.2. The molecular formula is C18H22N2O5S. The van der Waals surface area contributed by atoms with Crippen molar-refractivity contribution in [3.05, 3.63) is 24.3 Å². The van der Waals surface area contributed by atoms with Gasteiger partial charge in [0.2, 0.25) is 15.9 Å². The van der Waals surface area contributed by atoms with Crippen molar-refractivity contribution in [2.24, 2.45) is 11.8 Å². The van der Waals surface area contributed by atoms with E-state index in [4.69, 9.17) is 4.74 Å². The number of hydrogen-bond acceptors (Lipinski definition) is 5. The topological polar surface area (TPSA) is 102 Å². The third-order valence-corrected chi connectivity index (χ3v) is 7.60. The fourth-order valence-electron chi connectivity index (χ4n) is 4.37. The molecule has 0 radical (unpaired) electrons. The van der Waals surface area contributed by atoms with Crippen LogP contribution in [0.1, 0.15) is 38.5 Å². The van der Waals surface area contributed by atoms with Crippen LogP contribution < -0.4 is 14.8 Å². The third kappa shape index (κ3) is 3.30. The minimum atomic E-state index is -3.73. The quantitative estimate of drug-likeness (QED) is 0.832. The first kappa shape index (κ1) is 17.3. The Labute approximate surface area is 152 Å². The van der Waals surface area contributed by atoms with Crippen LogP contribution >= 0.6 is 0 Å². The number of fused-ring (bicyclic) bond motifs is 4. The summed E-state index contributed by atoms with van der Waals surface area (Å²) >= 11 is 0. The van der Waals surface area contributed by atoms with E-state index in [1.54, 1.807) is 24.3 Å². The van der Waals surface area contributed by atoms with E-state index in [0.29, 0.717) is 23.8 Å². The highest BCUT2D eigenvalue weighted by molar-refractivity contribution is 7.90. The molecule has 3 saturated carbocycles. The van der Waals surface area contributed by atoms with E-state index in [1.807, 2.05) is 0 Å². The van der Waals surface area contributed by atoms with Gasteiger partial charge in [-0.2, -0.15) is 0 Å². The van der Waals surface area contributed by atoms with Crippen LogP contribution in [0, 0.1) is 11.8 Å². The van der Waals surface area contributed by atoms with Gasteiger partial charge in [0.25, 0.3) is 5.91 Å². The average molecular weight is 378 g/mol. The van der Waals surface area contributed by atoms with Gasteiger partial charge >= 0.3 is 0 Å². The van der Waals surface area contributed by atoms with Gasteiger partial charge in [0.1, 0.15) is 5.75 Å². The van der Waals surface area contributed by atoms with E-state index < -0.39 is 33.2 Å². The van der Waals surface area contributed by atoms with Crippen LogP contribution in [0.4, 0.5) is 5.69 Å². The number of hydrogen-bond donors (Lipinski definition) is 2. The Morgan fingerprint density at radius 3 is 2.62 bits per heavy atom. The zero-order chi connectivity index (χ0) is 18.3. The second-order valence-electron chi connectivity index (χ2n) is 7.42. The molecular weight excluding hydrogens is 356 g/mol. The molecule has 1 aliphatic heterocycles. The van der Waals surface area contributed by atoms with Crippen LogP contribution in [-0.4, -0.2) is 31.6 Å². The molecule has 8 heteroatoms. The minimum absolute atomic E-state index is 0.131. The zero-order valence-electron chi connectivity index (χ0n) is 14.3. The van der Waals surface area contributed by atoms with Crippen molar-refractivity contribution in [3.8, 4) is 5.75 Å². The zero-order valence-corrected chi connectivity index (χ0v) is 15.1. The molecule has 2 atom stereocenters. The maximum atomic E-state index is 12.6. The summed E-state index contributed by atoms with van der Waals surface area (Å²) in [4.78, 5) is 24.4. The fraction of sp³-hybridized carbons (Fsp3) is 0.556. The number of benzene rings is 1. The van der Waals surface area contributed by atoms with Gasteiger partial charge in [-0.25, -0.2) is 8.42 Å². The maximum absolute atomic E-state index is 12.6. The number of sulfonamides is 1. The second kappa shape index (κ2) is 6.57. The lowest BCUT2D eigenvalue weighted by Gasteiger charge is -2.41. The van der Waals surface area contributed by atoms with Gasteiger partial charge in [0.15, 0.2) is 6.10 Å². The summed E-state index contributed by atoms with van der Waals surface area (Å²) in [6.45, 7) is 0. The lowest BCUT2D eigenvalue weighted by molar-refractivity contribution is -0.129. The van der Waals surface area contributed by atoms with Crippen LogP contribution in [-0.2, 0) is 19.6 Å². The first-order valence-electron chi connectivity index (χ1n) is 9.03. The number of ether oxygens (including phenoxy) is 1. The molecule has 4 aliphatic rings. The van der Waals surface area contributed by atoms with Crippen molar-refractivity contribution < 1.29 is 22.7 Å². The molecule has 2 bridgehead atoms. The summed E-state index contributed by atoms with van der Waals surface area (Å²) < 4.78 is 33.0. The SMILES string of the molecule is O=C(CC1Oc2ccccc2NC1=O)NS(=O)(=O)C1CC2CCC1CC2. The summed E-state index contributed by atoms with van der Waals surface area (Å²) in [5, 5.41) is 2.17. The normalized spacial score (nSPS) is 30.1. The Morgan fingerprint density at radius 1 is 1.19 bits per heavy atom. The second-order valence-corrected chi connectivity index (χ2v) is 9.32. The standard InChI is InChI=1S/C18H22N2O5S/c21-17(10-15-18(22)19-13-3-1-2-4-14(13)25-15)20-26(23,24)16-9-11-5-7-12(16)8-6-11/h1-4,11-12,15-16H,5-10H2,(H,19,22)(H,20,21). The molecule has 5 rings (SSSR count). The third-order valence-electron chi connectivity index (χ3n) is 5.71. The van der Waals surface area contributed by atoms with Crippen molar-refractivity contribution >= 4 is 27.5 Å². The number of carbonyl (C=O) groups is 2. The fourth-order valence-corrected chi connectivity index (χ4v) is 6.22. The van der Waals surface area contributed by atoms with Crippen LogP contribution in [0.25, 0.3) is 0 Å². The minimum Gasteiger partial charge on any atom is -0.478 e. The summed E-state index contributed by atoms with van der Waals surface area (Å²) in [6.07, 6.45) is 3.25. The number of amides is 2. The van der Waals surface area contributed by atoms with E-state index in [1.165, 1.54) is 0 Å². The predicted octanol–water partition coefficient (Wildman–Crippen LogP) is 1.80. The van der Waals surface area contributed by atoms with Crippen molar-refractivity contribution in [1.29, 1.82) is 0 Å². The molecule has 0 saturated heterocycles. The highest BCUT2D eigenvalue weighted by Gasteiger charge is 2.43. The van der Waals surface area contributed by atoms with E-state index in [2.05, 4.69) is 10.0 Å². The molecule has 2 amide bonds. The van der Waals surface area contributed by atoms with Gasteiger partial charge in [-0.3, -0.25) is 14.3 Å². The van der Waals surface area contributed by atoms with E-state index in [9.17, 15) is 18.0 Å². The van der Waals surface area contributed by atoms with Crippen LogP contribution in [0.15, 0.2) is 24.3 Å². The Kier molecular flexibility index (Phi) is 4.38. The Balaban J connectivity index is 1.40. The lowest BCUT2D eigenvalue weighted by Crippen LogP contribution is -2.48. The van der Waals surface area contributed by atoms with Crippen LogP contribution in [0.5, 0.6) is 5.75 Å². The Bertz CT molecular complexity index is 830. The molecule has 0 spiro atoms. The van der Waals surface area contributed by atoms with Gasteiger partial charge in [0, 0.05) is 0 Å². The monoisotopic (exact) mass is 378 g/mol. The van der Waals surface area contributed by atoms with Gasteiger partial charge < -0.3 is 10.1 Å². The first-order chi connectivity index (χ1) is 12.4. The molecule has 2 N–H and O–H groups in total. The Morgan fingerprint density at radius 2 is 1.92 bits per heavy atom. The number of nitrogens with one attached hydrogen (secondary N) is 2. The number of carbonyl (C=O) groups excluding carboxylic acids is 2. The molecule has 140 valence electrons. The largest absolute Gasteiger partial charge is 0.478 e.